The largest absolute Gasteiger partial charge is 0.469 e. The fourth-order valence-electron chi connectivity index (χ4n) is 1.43. The van der Waals surface area contributed by atoms with Crippen LogP contribution in [0.5, 0.6) is 0 Å². The number of rotatable bonds is 0. The van der Waals surface area contributed by atoms with Crippen molar-refractivity contribution in [2.75, 3.05) is 7.11 Å². The Bertz CT molecular complexity index is 125. The van der Waals surface area contributed by atoms with Gasteiger partial charge in [0.1, 0.15) is 0 Å². The minimum atomic E-state index is -0.245. The summed E-state index contributed by atoms with van der Waals surface area (Å²) in [5.74, 6) is 1.79. The predicted molar refractivity (Wildman–Crippen MR) is 65.8 cm³/mol. The van der Waals surface area contributed by atoms with Gasteiger partial charge in [-0.05, 0) is 11.8 Å². The summed E-state index contributed by atoms with van der Waals surface area (Å²) in [6, 6.07) is 0. The number of hydrogen-bond donors (Lipinski definition) is 0. The van der Waals surface area contributed by atoms with E-state index in [1.807, 2.05) is 13.8 Å². The molecule has 0 aromatic rings. The molecule has 0 saturated heterocycles. The molecular weight excluding hydrogens is 188 g/mol. The topological polar surface area (TPSA) is 26.3 Å². The van der Waals surface area contributed by atoms with Crippen LogP contribution in [-0.2, 0) is 9.53 Å². The molecule has 92 valence electrons. The van der Waals surface area contributed by atoms with Crippen molar-refractivity contribution in [1.29, 1.82) is 0 Å². The first-order chi connectivity index (χ1) is 7.06. The van der Waals surface area contributed by atoms with Gasteiger partial charge in [-0.1, -0.05) is 53.4 Å². The van der Waals surface area contributed by atoms with Crippen LogP contribution in [0.4, 0.5) is 0 Å². The van der Waals surface area contributed by atoms with Crippen LogP contribution >= 0.6 is 0 Å². The molecule has 15 heavy (non-hydrogen) atoms. The van der Waals surface area contributed by atoms with Gasteiger partial charge in [-0.2, -0.15) is 0 Å². The molecule has 1 aliphatic carbocycles. The average Bonchev–Trinajstić information content (AvgIpc) is 2.26. The Morgan fingerprint density at radius 3 is 1.33 bits per heavy atom. The molecule has 0 aromatic heterocycles. The van der Waals surface area contributed by atoms with Crippen LogP contribution in [0.25, 0.3) is 0 Å². The predicted octanol–water partition coefficient (Wildman–Crippen LogP) is 4.04. The van der Waals surface area contributed by atoms with Crippen LogP contribution in [0.2, 0.25) is 0 Å². The lowest BCUT2D eigenvalue weighted by molar-refractivity contribution is -0.137. The first-order valence-corrected chi connectivity index (χ1v) is 6.10. The van der Waals surface area contributed by atoms with Gasteiger partial charge < -0.3 is 4.74 Å². The first kappa shape index (κ1) is 16.9. The van der Waals surface area contributed by atoms with E-state index in [-0.39, 0.29) is 5.97 Å². The highest BCUT2D eigenvalue weighted by molar-refractivity contribution is 5.65. The summed E-state index contributed by atoms with van der Waals surface area (Å²) < 4.78 is 4.11. The quantitative estimate of drug-likeness (QED) is 0.571. The number of esters is 1. The molecule has 1 fully saturated rings. The van der Waals surface area contributed by atoms with Gasteiger partial charge in [0, 0.05) is 6.92 Å². The number of ether oxygens (including phenoxy) is 1. The normalized spacial score (nSPS) is 23.9. The second-order valence-corrected chi connectivity index (χ2v) is 4.06. The van der Waals surface area contributed by atoms with Crippen LogP contribution in [0.15, 0.2) is 0 Å². The highest BCUT2D eigenvalue weighted by atomic mass is 16.5. The second kappa shape index (κ2) is 11.5. The summed E-state index contributed by atoms with van der Waals surface area (Å²) >= 11 is 0. The third-order valence-corrected chi connectivity index (χ3v) is 2.59. The Morgan fingerprint density at radius 2 is 1.20 bits per heavy atom. The summed E-state index contributed by atoms with van der Waals surface area (Å²) in [5.41, 5.74) is 0. The van der Waals surface area contributed by atoms with Crippen LogP contribution < -0.4 is 0 Å². The van der Waals surface area contributed by atoms with Crippen molar-refractivity contribution >= 4 is 5.97 Å². The second-order valence-electron chi connectivity index (χ2n) is 4.06. The summed E-state index contributed by atoms with van der Waals surface area (Å²) in [7, 11) is 1.35. The Morgan fingerprint density at radius 1 is 1.00 bits per heavy atom. The lowest BCUT2D eigenvalue weighted by atomic mass is 9.84. The molecule has 2 heteroatoms. The van der Waals surface area contributed by atoms with E-state index in [1.54, 1.807) is 0 Å². The molecule has 1 rings (SSSR count). The molecular formula is C13H28O2. The van der Waals surface area contributed by atoms with E-state index in [0.29, 0.717) is 0 Å². The maximum atomic E-state index is 9.59. The van der Waals surface area contributed by atoms with Crippen molar-refractivity contribution in [3.63, 3.8) is 0 Å². The van der Waals surface area contributed by atoms with E-state index in [2.05, 4.69) is 18.6 Å². The van der Waals surface area contributed by atoms with E-state index < -0.39 is 0 Å². The number of carbonyl (C=O) groups is 1. The van der Waals surface area contributed by atoms with Crippen molar-refractivity contribution in [2.45, 2.75) is 60.3 Å². The Kier molecular flexibility index (Phi) is 13.0. The Hall–Kier alpha value is -0.530. The molecule has 2 nitrogen and oxygen atoms in total. The smallest absolute Gasteiger partial charge is 0.302 e. The van der Waals surface area contributed by atoms with E-state index in [4.69, 9.17) is 0 Å². The van der Waals surface area contributed by atoms with Crippen molar-refractivity contribution in [1.82, 2.24) is 0 Å². The standard InChI is InChI=1S/C8H16.C3H6O2.C2H6/c1-7-3-5-8(2)6-4-7;1-3(4)5-2;1-2/h7-8H,3-6H2,1-2H3;1-2H3;1-2H3. The highest BCUT2D eigenvalue weighted by Gasteiger charge is 2.13. The summed E-state index contributed by atoms with van der Waals surface area (Å²) in [6.45, 7) is 10.1. The van der Waals surface area contributed by atoms with Crippen molar-refractivity contribution in [3.8, 4) is 0 Å². The monoisotopic (exact) mass is 216 g/mol. The molecule has 0 bridgehead atoms. The SMILES string of the molecule is CC.CC1CCC(C)CC1.COC(C)=O. The van der Waals surface area contributed by atoms with Gasteiger partial charge in [0.05, 0.1) is 7.11 Å². The van der Waals surface area contributed by atoms with E-state index >= 15 is 0 Å². The number of methoxy groups -OCH3 is 1. The maximum absolute atomic E-state index is 9.59. The van der Waals surface area contributed by atoms with Gasteiger partial charge in [-0.25, -0.2) is 0 Å². The molecule has 0 unspecified atom stereocenters. The van der Waals surface area contributed by atoms with Crippen LogP contribution in [-0.4, -0.2) is 13.1 Å². The van der Waals surface area contributed by atoms with Crippen molar-refractivity contribution in [2.24, 2.45) is 11.8 Å². The molecule has 0 radical (unpaired) electrons. The molecule has 0 heterocycles. The molecule has 0 aromatic carbocycles. The number of hydrogen-bond acceptors (Lipinski definition) is 2. The minimum Gasteiger partial charge on any atom is -0.469 e. The maximum Gasteiger partial charge on any atom is 0.302 e. The molecule has 0 N–H and O–H groups in total. The van der Waals surface area contributed by atoms with E-state index in [1.165, 1.54) is 39.7 Å². The average molecular weight is 216 g/mol. The van der Waals surface area contributed by atoms with Crippen molar-refractivity contribution < 1.29 is 9.53 Å². The van der Waals surface area contributed by atoms with Gasteiger partial charge in [-0.15, -0.1) is 0 Å². The summed E-state index contributed by atoms with van der Waals surface area (Å²) in [4.78, 5) is 9.59. The fraction of sp³-hybridized carbons (Fsp3) is 0.923. The molecule has 0 amide bonds. The zero-order valence-corrected chi connectivity index (χ0v) is 11.3. The zero-order valence-electron chi connectivity index (χ0n) is 11.3. The van der Waals surface area contributed by atoms with Crippen LogP contribution in [0, 0.1) is 11.8 Å². The van der Waals surface area contributed by atoms with Gasteiger partial charge in [0.15, 0.2) is 0 Å². The van der Waals surface area contributed by atoms with Crippen molar-refractivity contribution in [3.05, 3.63) is 0 Å². The van der Waals surface area contributed by atoms with Gasteiger partial charge in [0.25, 0.3) is 0 Å². The molecule has 0 aliphatic heterocycles. The van der Waals surface area contributed by atoms with Crippen LogP contribution in [0.3, 0.4) is 0 Å². The van der Waals surface area contributed by atoms with Gasteiger partial charge >= 0.3 is 5.97 Å². The zero-order chi connectivity index (χ0) is 12.3. The lowest BCUT2D eigenvalue weighted by Crippen LogP contribution is -2.08. The number of carbonyl (C=O) groups excluding carboxylic acids is 1. The Balaban J connectivity index is 0. The molecule has 1 saturated carbocycles. The highest BCUT2D eigenvalue weighted by Crippen LogP contribution is 2.27. The van der Waals surface area contributed by atoms with E-state index in [9.17, 15) is 4.79 Å². The first-order valence-electron chi connectivity index (χ1n) is 6.10. The van der Waals surface area contributed by atoms with Gasteiger partial charge in [0.2, 0.25) is 0 Å². The minimum absolute atomic E-state index is 0.245. The fourth-order valence-corrected chi connectivity index (χ4v) is 1.43. The summed E-state index contributed by atoms with van der Waals surface area (Å²) in [5, 5.41) is 0. The molecule has 0 spiro atoms. The van der Waals surface area contributed by atoms with Crippen LogP contribution in [0.1, 0.15) is 60.3 Å². The summed E-state index contributed by atoms with van der Waals surface area (Å²) in [6.07, 6.45) is 5.89. The lowest BCUT2D eigenvalue weighted by Gasteiger charge is -2.22. The Labute approximate surface area is 95.4 Å². The van der Waals surface area contributed by atoms with Gasteiger partial charge in [-0.3, -0.25) is 4.79 Å². The third kappa shape index (κ3) is 13.5. The van der Waals surface area contributed by atoms with E-state index in [0.717, 1.165) is 11.8 Å². The molecule has 1 aliphatic rings. The molecule has 0 atom stereocenters. The third-order valence-electron chi connectivity index (χ3n) is 2.59.